The number of aromatic amines is 1. The van der Waals surface area contributed by atoms with Crippen molar-refractivity contribution in [2.24, 2.45) is 0 Å². The Labute approximate surface area is 185 Å². The molecular formula is C24H25N5OS. The van der Waals surface area contributed by atoms with Gasteiger partial charge in [0, 0.05) is 28.1 Å². The first kappa shape index (κ1) is 19.8. The van der Waals surface area contributed by atoms with E-state index < -0.39 is 0 Å². The van der Waals surface area contributed by atoms with Crippen molar-refractivity contribution in [1.82, 2.24) is 15.1 Å². The lowest BCUT2D eigenvalue weighted by molar-refractivity contribution is 0.102. The van der Waals surface area contributed by atoms with E-state index in [-0.39, 0.29) is 5.91 Å². The highest BCUT2D eigenvalue weighted by Crippen LogP contribution is 2.33. The van der Waals surface area contributed by atoms with Gasteiger partial charge in [-0.1, -0.05) is 18.2 Å². The smallest absolute Gasteiger partial charge is 0.256 e. The molecule has 3 heterocycles. The molecule has 1 aliphatic heterocycles. The van der Waals surface area contributed by atoms with E-state index >= 15 is 0 Å². The van der Waals surface area contributed by atoms with E-state index in [1.165, 1.54) is 10.1 Å². The van der Waals surface area contributed by atoms with Crippen LogP contribution in [-0.4, -0.2) is 47.2 Å². The predicted octanol–water partition coefficient (Wildman–Crippen LogP) is 5.05. The molecule has 0 bridgehead atoms. The van der Waals surface area contributed by atoms with Crippen molar-refractivity contribution >= 4 is 38.8 Å². The number of nitrogens with one attached hydrogen (secondary N) is 3. The Hall–Kier alpha value is -3.16. The summed E-state index contributed by atoms with van der Waals surface area (Å²) in [5.74, 6) is 0.353. The number of benzene rings is 2. The molecule has 0 unspecified atom stereocenters. The maximum atomic E-state index is 12.6. The summed E-state index contributed by atoms with van der Waals surface area (Å²) in [6, 6.07) is 20.4. The third-order valence-corrected chi connectivity index (χ3v) is 6.90. The van der Waals surface area contributed by atoms with Crippen molar-refractivity contribution in [2.45, 2.75) is 18.9 Å². The molecule has 31 heavy (non-hydrogen) atoms. The van der Waals surface area contributed by atoms with Crippen LogP contribution >= 0.6 is 11.3 Å². The highest BCUT2D eigenvalue weighted by molar-refractivity contribution is 7.22. The molecule has 7 heteroatoms. The van der Waals surface area contributed by atoms with Gasteiger partial charge in [-0.25, -0.2) is 0 Å². The number of carbonyl (C=O) groups is 1. The standard InChI is InChI=1S/C24H25N5OS/c1-29-12-10-19(11-13-29)25-18-8-6-16(7-9-18)24(30)26-23-15-20(27-28-23)22-14-17-4-2-3-5-21(17)31-22/h2-9,14-15,19,25H,10-13H2,1H3,(H2,26,27,28,30). The summed E-state index contributed by atoms with van der Waals surface area (Å²) in [5.41, 5.74) is 2.56. The van der Waals surface area contributed by atoms with Crippen molar-refractivity contribution in [3.05, 3.63) is 66.2 Å². The molecular weight excluding hydrogens is 406 g/mol. The van der Waals surface area contributed by atoms with Crippen molar-refractivity contribution in [1.29, 1.82) is 0 Å². The van der Waals surface area contributed by atoms with Crippen molar-refractivity contribution in [3.8, 4) is 10.6 Å². The molecule has 0 spiro atoms. The maximum absolute atomic E-state index is 12.6. The molecule has 158 valence electrons. The highest BCUT2D eigenvalue weighted by atomic mass is 32.1. The Morgan fingerprint density at radius 1 is 1.10 bits per heavy atom. The molecule has 4 aromatic rings. The minimum atomic E-state index is -0.166. The summed E-state index contributed by atoms with van der Waals surface area (Å²) >= 11 is 1.70. The van der Waals surface area contributed by atoms with E-state index in [0.29, 0.717) is 17.4 Å². The van der Waals surface area contributed by atoms with Crippen LogP contribution in [0.15, 0.2) is 60.7 Å². The fraction of sp³-hybridized carbons (Fsp3) is 0.250. The molecule has 2 aromatic carbocycles. The Morgan fingerprint density at radius 3 is 2.65 bits per heavy atom. The van der Waals surface area contributed by atoms with Gasteiger partial charge in [0.25, 0.3) is 5.91 Å². The molecule has 0 radical (unpaired) electrons. The fourth-order valence-corrected chi connectivity index (χ4v) is 4.95. The zero-order valence-corrected chi connectivity index (χ0v) is 18.2. The average molecular weight is 432 g/mol. The number of rotatable bonds is 5. The number of hydrogen-bond donors (Lipinski definition) is 3. The second kappa shape index (κ2) is 8.53. The number of piperidine rings is 1. The number of amides is 1. The first-order valence-electron chi connectivity index (χ1n) is 10.5. The lowest BCUT2D eigenvalue weighted by Gasteiger charge is -2.30. The molecule has 5 rings (SSSR count). The number of thiophene rings is 1. The largest absolute Gasteiger partial charge is 0.382 e. The average Bonchev–Trinajstić information content (AvgIpc) is 3.42. The number of carbonyl (C=O) groups excluding carboxylic acids is 1. The molecule has 0 aliphatic carbocycles. The van der Waals surface area contributed by atoms with Gasteiger partial charge >= 0.3 is 0 Å². The summed E-state index contributed by atoms with van der Waals surface area (Å²) in [5, 5.41) is 15.0. The molecule has 0 atom stereocenters. The molecule has 1 aliphatic rings. The number of fused-ring (bicyclic) bond motifs is 1. The minimum Gasteiger partial charge on any atom is -0.382 e. The lowest BCUT2D eigenvalue weighted by Crippen LogP contribution is -2.36. The number of H-pyrrole nitrogens is 1. The van der Waals surface area contributed by atoms with Crippen molar-refractivity contribution in [2.75, 3.05) is 30.8 Å². The normalized spacial score (nSPS) is 15.3. The molecule has 6 nitrogen and oxygen atoms in total. The van der Waals surface area contributed by atoms with Crippen LogP contribution in [-0.2, 0) is 0 Å². The first-order chi connectivity index (χ1) is 15.1. The Morgan fingerprint density at radius 2 is 1.87 bits per heavy atom. The number of aromatic nitrogens is 2. The minimum absolute atomic E-state index is 0.166. The maximum Gasteiger partial charge on any atom is 0.256 e. The van der Waals surface area contributed by atoms with Crippen molar-refractivity contribution in [3.63, 3.8) is 0 Å². The van der Waals surface area contributed by atoms with E-state index in [4.69, 9.17) is 0 Å². The van der Waals surface area contributed by atoms with Crippen LogP contribution in [0.3, 0.4) is 0 Å². The van der Waals surface area contributed by atoms with Gasteiger partial charge in [0.1, 0.15) is 0 Å². The van der Waals surface area contributed by atoms with E-state index in [9.17, 15) is 4.79 Å². The summed E-state index contributed by atoms with van der Waals surface area (Å²) in [6.45, 7) is 2.23. The van der Waals surface area contributed by atoms with Crippen LogP contribution in [0.2, 0.25) is 0 Å². The monoisotopic (exact) mass is 431 g/mol. The summed E-state index contributed by atoms with van der Waals surface area (Å²) in [7, 11) is 2.16. The van der Waals surface area contributed by atoms with Gasteiger partial charge in [0.2, 0.25) is 0 Å². The van der Waals surface area contributed by atoms with Gasteiger partial charge in [-0.15, -0.1) is 11.3 Å². The quantitative estimate of drug-likeness (QED) is 0.413. The lowest BCUT2D eigenvalue weighted by atomic mass is 10.0. The molecule has 2 aromatic heterocycles. The highest BCUT2D eigenvalue weighted by Gasteiger charge is 2.16. The predicted molar refractivity (Wildman–Crippen MR) is 128 cm³/mol. The summed E-state index contributed by atoms with van der Waals surface area (Å²) in [4.78, 5) is 16.1. The summed E-state index contributed by atoms with van der Waals surface area (Å²) in [6.07, 6.45) is 2.28. The van der Waals surface area contributed by atoms with Crippen LogP contribution in [0.1, 0.15) is 23.2 Å². The van der Waals surface area contributed by atoms with E-state index in [2.05, 4.69) is 51.0 Å². The van der Waals surface area contributed by atoms with E-state index in [1.54, 1.807) is 11.3 Å². The third kappa shape index (κ3) is 4.47. The SMILES string of the molecule is CN1CCC(Nc2ccc(C(=O)Nc3cc(-c4cc5ccccc5s4)[nH]n3)cc2)CC1. The van der Waals surface area contributed by atoms with E-state index in [0.717, 1.165) is 42.2 Å². The zero-order valence-electron chi connectivity index (χ0n) is 17.4. The van der Waals surface area contributed by atoms with Crippen LogP contribution in [0, 0.1) is 0 Å². The Kier molecular flexibility index (Phi) is 5.44. The molecule has 1 saturated heterocycles. The number of anilines is 2. The first-order valence-corrected chi connectivity index (χ1v) is 11.4. The second-order valence-electron chi connectivity index (χ2n) is 8.07. The Balaban J connectivity index is 1.22. The zero-order chi connectivity index (χ0) is 21.2. The Bertz CT molecular complexity index is 1160. The van der Waals surface area contributed by atoms with Gasteiger partial charge in [0.05, 0.1) is 10.6 Å². The molecule has 1 fully saturated rings. The van der Waals surface area contributed by atoms with Crippen LogP contribution in [0.25, 0.3) is 20.7 Å². The van der Waals surface area contributed by atoms with Gasteiger partial charge < -0.3 is 15.5 Å². The van der Waals surface area contributed by atoms with Gasteiger partial charge in [-0.2, -0.15) is 5.10 Å². The number of nitrogens with zero attached hydrogens (tertiary/aromatic N) is 2. The van der Waals surface area contributed by atoms with Crippen molar-refractivity contribution < 1.29 is 4.79 Å². The fourth-order valence-electron chi connectivity index (χ4n) is 3.92. The van der Waals surface area contributed by atoms with Crippen LogP contribution in [0.5, 0.6) is 0 Å². The topological polar surface area (TPSA) is 73.1 Å². The van der Waals surface area contributed by atoms with Crippen LogP contribution in [0.4, 0.5) is 11.5 Å². The molecule has 0 saturated carbocycles. The van der Waals surface area contributed by atoms with Gasteiger partial charge in [0.15, 0.2) is 5.82 Å². The molecule has 1 amide bonds. The number of likely N-dealkylation sites (tertiary alicyclic amines) is 1. The summed E-state index contributed by atoms with van der Waals surface area (Å²) < 4.78 is 1.23. The van der Waals surface area contributed by atoms with E-state index in [1.807, 2.05) is 42.5 Å². The number of hydrogen-bond acceptors (Lipinski definition) is 5. The van der Waals surface area contributed by atoms with Crippen LogP contribution < -0.4 is 10.6 Å². The molecule has 3 N–H and O–H groups in total. The van der Waals surface area contributed by atoms with Gasteiger partial charge in [-0.05, 0) is 74.8 Å². The third-order valence-electron chi connectivity index (χ3n) is 5.75. The van der Waals surface area contributed by atoms with Gasteiger partial charge in [-0.3, -0.25) is 9.89 Å². The second-order valence-corrected chi connectivity index (χ2v) is 9.15.